The number of ether oxygens (including phenoxy) is 4. The van der Waals surface area contributed by atoms with Crippen LogP contribution in [0.1, 0.15) is 151 Å². The lowest BCUT2D eigenvalue weighted by molar-refractivity contribution is -0.249. The van der Waals surface area contributed by atoms with E-state index in [1.807, 2.05) is 37.4 Å². The molecule has 4 aromatic carbocycles. The number of aromatic hydroxyl groups is 2. The van der Waals surface area contributed by atoms with Crippen LogP contribution < -0.4 is 31.2 Å². The van der Waals surface area contributed by atoms with Crippen LogP contribution in [-0.4, -0.2) is 164 Å². The molecule has 8 rings (SSSR count). The van der Waals surface area contributed by atoms with Gasteiger partial charge in [0, 0.05) is 86.8 Å². The Labute approximate surface area is 531 Å². The van der Waals surface area contributed by atoms with E-state index in [2.05, 4.69) is 22.5 Å². The van der Waals surface area contributed by atoms with E-state index in [9.17, 15) is 68.7 Å². The Bertz CT molecular complexity index is 3380. The second-order valence-corrected chi connectivity index (χ2v) is 24.9. The van der Waals surface area contributed by atoms with Crippen LogP contribution in [0.3, 0.4) is 0 Å². The molecule has 3 unspecified atom stereocenters. The number of nitrogens with one attached hydrogen (secondary N) is 3. The molecule has 91 heavy (non-hydrogen) atoms. The first-order valence-corrected chi connectivity index (χ1v) is 31.8. The number of rotatable bonds is 32. The number of phenols is 2. The summed E-state index contributed by atoms with van der Waals surface area (Å²) < 4.78 is 23.2. The molecule has 0 saturated carbocycles. The number of fused-ring (bicyclic) bond motifs is 3. The molecular formula is C67H81N5O18S. The van der Waals surface area contributed by atoms with Crippen molar-refractivity contribution in [3.63, 3.8) is 0 Å². The standard InChI is InChI=1S/C67H81N5O18S/c1-37(69-3)15-14-28-91-51-33-54(78)72(65(51)84)27-12-6-9-21-53(77)70-45(29-39-16-7-5-8-17-39)48(75)31-41(18-10-11-26-68)47(74)30-40-22-24-42(25-23-40)89-66(85)71-46-32-55(88-38(2)60(46)79)90-50-35-67(86,52(76)36-73)34-44-57(50)64(83)59-58(62(44)81)61(80)43-19-13-20-49(87-4)56(43)63(59)82/h5,7-8,13,16-17,19-20,22-25,38,41,45-46,50-51,55,60,69,73,79,81,83,86H,1,6,9-12,14-15,18,21,26-36,68H2,2-4H3,(H,70,77)(H,71,85)/t38-,41?,45?,46-,50-,51?,55-,60+,67-/m1/s1. The van der Waals surface area contributed by atoms with Gasteiger partial charge in [0.05, 0.1) is 53.3 Å². The number of aliphatic hydroxyl groups excluding tert-OH is 2. The second-order valence-electron chi connectivity index (χ2n) is 23.6. The highest BCUT2D eigenvalue weighted by Gasteiger charge is 2.51. The molecule has 488 valence electrons. The molecule has 23 nitrogen and oxygen atoms in total. The monoisotopic (exact) mass is 1280 g/mol. The third-order valence-corrected chi connectivity index (χ3v) is 18.6. The number of imide groups is 1. The normalized spacial score (nSPS) is 21.6. The largest absolute Gasteiger partial charge is 0.507 e. The van der Waals surface area contributed by atoms with E-state index in [0.717, 1.165) is 29.9 Å². The van der Waals surface area contributed by atoms with E-state index in [1.165, 1.54) is 61.0 Å². The maximum atomic E-state index is 14.3. The highest BCUT2D eigenvalue weighted by molar-refractivity contribution is 8.00. The fourth-order valence-electron chi connectivity index (χ4n) is 12.2. The Morgan fingerprint density at radius 1 is 0.868 bits per heavy atom. The number of hydrogen-bond acceptors (Lipinski definition) is 21. The predicted octanol–water partition coefficient (Wildman–Crippen LogP) is 5.31. The Morgan fingerprint density at radius 2 is 1.60 bits per heavy atom. The Kier molecular flexibility index (Phi) is 23.9. The maximum absolute atomic E-state index is 14.3. The number of allylic oxidation sites excluding steroid dienone is 1. The number of Topliss-reactive ketones (excluding diaryl/α,β-unsaturated/α-hetero) is 3. The van der Waals surface area contributed by atoms with Crippen LogP contribution in [0, 0.1) is 5.92 Å². The molecule has 10 N–H and O–H groups in total. The van der Waals surface area contributed by atoms with Gasteiger partial charge in [-0.1, -0.05) is 74.0 Å². The Balaban J connectivity index is 0.868. The average Bonchev–Trinajstić information content (AvgIpc) is 1.10. The molecule has 4 amide bonds. The van der Waals surface area contributed by atoms with Crippen LogP contribution in [0.2, 0.25) is 0 Å². The molecule has 2 aliphatic carbocycles. The number of hydrogen-bond donors (Lipinski definition) is 9. The number of carbonyl (C=O) groups is 9. The number of phenolic OH excluding ortho intramolecular Hbond substituents is 2. The summed E-state index contributed by atoms with van der Waals surface area (Å²) in [5.41, 5.74) is 3.70. The van der Waals surface area contributed by atoms with Crippen molar-refractivity contribution in [3.8, 4) is 23.0 Å². The highest BCUT2D eigenvalue weighted by atomic mass is 32.2. The van der Waals surface area contributed by atoms with Crippen molar-refractivity contribution in [1.82, 2.24) is 20.9 Å². The highest BCUT2D eigenvalue weighted by Crippen LogP contribution is 2.53. The summed E-state index contributed by atoms with van der Waals surface area (Å²) >= 11 is 1.49. The van der Waals surface area contributed by atoms with Crippen LogP contribution in [-0.2, 0) is 57.5 Å². The minimum Gasteiger partial charge on any atom is -0.507 e. The number of methoxy groups -OCH3 is 1. The van der Waals surface area contributed by atoms with Crippen LogP contribution in [0.5, 0.6) is 23.0 Å². The number of thioether (sulfide) groups is 1. The number of nitrogens with two attached hydrogens (primary N) is 1. The molecule has 9 atom stereocenters. The molecule has 2 aliphatic heterocycles. The molecular weight excluding hydrogens is 1190 g/mol. The Hall–Kier alpha value is -7.84. The number of aliphatic hydroxyl groups is 3. The van der Waals surface area contributed by atoms with E-state index >= 15 is 0 Å². The van der Waals surface area contributed by atoms with E-state index in [1.54, 1.807) is 12.1 Å². The molecule has 2 heterocycles. The SMILES string of the molecule is C=C(CCCSC1CC(=O)N(CCCCCC(=O)NC(Cc2ccccc2)C(=O)CC(CCCCN)C(=O)Cc2ccc(OC(=O)N[C@@H]3C[C@@H](O[C@@H]4C[C@@](O)(C(=O)CO)Cc5c(O)c6c(c(O)c54)C(=O)c4c(OC)cccc4C6=O)O[C@H](C)[C@@H]3O)cc2)C1=O)NC. The number of ketones is 5. The van der Waals surface area contributed by atoms with Crippen molar-refractivity contribution in [1.29, 1.82) is 0 Å². The van der Waals surface area contributed by atoms with Gasteiger partial charge < -0.3 is 66.2 Å². The number of likely N-dealkylation sites (tertiary alicyclic amines) is 1. The number of unbranched alkanes of at least 4 members (excludes halogenated alkanes) is 3. The van der Waals surface area contributed by atoms with Gasteiger partial charge in [0.1, 0.15) is 47.1 Å². The lowest BCUT2D eigenvalue weighted by atomic mass is 9.72. The third kappa shape index (κ3) is 16.6. The number of nitrogens with zero attached hydrogens (tertiary/aromatic N) is 1. The topological polar surface area (TPSA) is 357 Å². The van der Waals surface area contributed by atoms with Gasteiger partial charge in [-0.15, -0.1) is 11.8 Å². The third-order valence-electron chi connectivity index (χ3n) is 17.3. The number of amides is 4. The van der Waals surface area contributed by atoms with E-state index in [0.29, 0.717) is 50.6 Å². The summed E-state index contributed by atoms with van der Waals surface area (Å²) in [6.45, 7) is 4.92. The van der Waals surface area contributed by atoms with Gasteiger partial charge in [-0.25, -0.2) is 4.79 Å². The van der Waals surface area contributed by atoms with Crippen molar-refractivity contribution in [3.05, 3.63) is 130 Å². The lowest BCUT2D eigenvalue weighted by Crippen LogP contribution is -2.56. The number of benzene rings is 4. The van der Waals surface area contributed by atoms with Crippen LogP contribution in [0.4, 0.5) is 4.79 Å². The molecule has 0 radical (unpaired) electrons. The molecule has 4 aromatic rings. The number of carbonyl (C=O) groups excluding carboxylic acids is 9. The van der Waals surface area contributed by atoms with Gasteiger partial charge >= 0.3 is 6.09 Å². The average molecular weight is 1280 g/mol. The fourth-order valence-corrected chi connectivity index (χ4v) is 13.3. The van der Waals surface area contributed by atoms with E-state index < -0.39 is 119 Å². The van der Waals surface area contributed by atoms with Crippen molar-refractivity contribution >= 4 is 64.5 Å². The summed E-state index contributed by atoms with van der Waals surface area (Å²) in [5, 5.41) is 64.7. The lowest BCUT2D eigenvalue weighted by Gasteiger charge is -2.42. The first kappa shape index (κ1) is 69.1. The first-order valence-electron chi connectivity index (χ1n) is 30.8. The summed E-state index contributed by atoms with van der Waals surface area (Å²) in [4.78, 5) is 124. The Morgan fingerprint density at radius 3 is 2.31 bits per heavy atom. The van der Waals surface area contributed by atoms with Crippen LogP contribution in [0.15, 0.2) is 85.1 Å². The van der Waals surface area contributed by atoms with Gasteiger partial charge in [0.2, 0.25) is 23.5 Å². The van der Waals surface area contributed by atoms with E-state index in [4.69, 9.17) is 24.7 Å². The summed E-state index contributed by atoms with van der Waals surface area (Å²) in [6, 6.07) is 17.5. The fraction of sp³-hybridized carbons (Fsp3) is 0.478. The van der Waals surface area contributed by atoms with Crippen molar-refractivity contribution in [2.45, 2.75) is 157 Å². The van der Waals surface area contributed by atoms with Crippen molar-refractivity contribution < 1.29 is 87.6 Å². The van der Waals surface area contributed by atoms with Gasteiger partial charge in [-0.2, -0.15) is 0 Å². The van der Waals surface area contributed by atoms with Crippen molar-refractivity contribution in [2.24, 2.45) is 11.7 Å². The quantitative estimate of drug-likeness (QED) is 0.0150. The zero-order chi connectivity index (χ0) is 65.7. The van der Waals surface area contributed by atoms with Crippen molar-refractivity contribution in [2.75, 3.05) is 39.6 Å². The van der Waals surface area contributed by atoms with Gasteiger partial charge in [0.25, 0.3) is 0 Å². The van der Waals surface area contributed by atoms with Crippen LogP contribution >= 0.6 is 11.8 Å². The molecule has 0 aromatic heterocycles. The molecule has 2 saturated heterocycles. The van der Waals surface area contributed by atoms with Gasteiger partial charge in [-0.3, -0.25) is 43.3 Å². The van der Waals surface area contributed by atoms with Gasteiger partial charge in [-0.05, 0) is 93.5 Å². The van der Waals surface area contributed by atoms with Gasteiger partial charge in [0.15, 0.2) is 23.6 Å². The minimum atomic E-state index is -2.42. The molecule has 0 spiro atoms. The maximum Gasteiger partial charge on any atom is 0.412 e. The molecule has 0 bridgehead atoms. The zero-order valence-electron chi connectivity index (χ0n) is 51.4. The molecule has 2 fully saturated rings. The van der Waals surface area contributed by atoms with Crippen LogP contribution in [0.25, 0.3) is 0 Å². The second kappa shape index (κ2) is 31.5. The molecule has 24 heteroatoms. The first-order chi connectivity index (χ1) is 43.6. The summed E-state index contributed by atoms with van der Waals surface area (Å²) in [6.07, 6.45) is -2.95. The predicted molar refractivity (Wildman–Crippen MR) is 333 cm³/mol. The smallest absolute Gasteiger partial charge is 0.412 e. The minimum absolute atomic E-state index is 0.0256. The summed E-state index contributed by atoms with van der Waals surface area (Å²) in [7, 11) is 3.10. The van der Waals surface area contributed by atoms with E-state index in [-0.39, 0.29) is 108 Å². The molecule has 4 aliphatic rings. The summed E-state index contributed by atoms with van der Waals surface area (Å²) in [5.74, 6) is -5.51. The zero-order valence-corrected chi connectivity index (χ0v) is 52.2.